The van der Waals surface area contributed by atoms with Crippen LogP contribution in [0.5, 0.6) is 5.75 Å². The average Bonchev–Trinajstić information content (AvgIpc) is 3.93. The number of para-hydroxylation sites is 1. The molecule has 21 nitrogen and oxygen atoms in total. The predicted octanol–water partition coefficient (Wildman–Crippen LogP) is 4.35. The van der Waals surface area contributed by atoms with Crippen molar-refractivity contribution in [1.82, 2.24) is 50.4 Å². The monoisotopic (exact) mass is 954 g/mol. The number of benzene rings is 1. The SMILES string of the molecule is CNC(=O)c1nnc(Nc2ccc(N3CCN(C(=O)CCCCCCC(=O)NC(C(=O)N4CC(O)C[C@@H]4C(=O)OC(C)(C)C)C(C)(C)C)CC3)cn2)cc1Nc1cccc(-c2ncn(C)n2)c1OC. The number of likely N-dealkylation sites (tertiary alicyclic amines) is 1. The van der Waals surface area contributed by atoms with Gasteiger partial charge < -0.3 is 50.5 Å². The van der Waals surface area contributed by atoms with Crippen LogP contribution in [0.15, 0.2) is 48.9 Å². The van der Waals surface area contributed by atoms with Crippen molar-refractivity contribution in [2.24, 2.45) is 12.5 Å². The van der Waals surface area contributed by atoms with E-state index >= 15 is 0 Å². The van der Waals surface area contributed by atoms with Crippen LogP contribution in [0.4, 0.5) is 28.7 Å². The van der Waals surface area contributed by atoms with Crippen molar-refractivity contribution in [3.63, 3.8) is 0 Å². The second kappa shape index (κ2) is 22.5. The average molecular weight is 954 g/mol. The van der Waals surface area contributed by atoms with Crippen LogP contribution in [0.25, 0.3) is 11.4 Å². The number of aliphatic hydroxyl groups is 1. The fourth-order valence-corrected chi connectivity index (χ4v) is 8.24. The van der Waals surface area contributed by atoms with E-state index in [1.807, 2.05) is 56.0 Å². The number of piperazine rings is 1. The standard InChI is InChI=1S/C48H67N13O8/c1-47(2,3)42(45(66)61-28-31(62)25-35(61)46(67)69-48(4,5)6)54-38(63)17-12-10-11-13-18-39(64)60-23-21-59(22-24-60)30-19-20-36(50-27-30)53-37-26-34(40(56-55-37)44(65)49-7)52-33-16-14-15-32(41(33)68-9)43-51-29-58(8)57-43/h14-16,19-20,26-27,29,31,35,42,62H,10-13,17-18,21-25,28H2,1-9H3,(H,49,65)(H,54,63)(H2,50,52,53,55)/t31?,35-,42?/m1/s1. The normalized spacial score (nSPS) is 16.7. The number of β-amino-alcohol motifs (C(OH)–C–C–N with tert-alkyl or cyclic N) is 1. The molecule has 2 aliphatic rings. The van der Waals surface area contributed by atoms with Gasteiger partial charge in [0.25, 0.3) is 5.91 Å². The van der Waals surface area contributed by atoms with Gasteiger partial charge in [0.1, 0.15) is 29.8 Å². The van der Waals surface area contributed by atoms with Crippen LogP contribution in [0.1, 0.15) is 97.0 Å². The summed E-state index contributed by atoms with van der Waals surface area (Å²) in [7, 11) is 4.84. The molecule has 2 saturated heterocycles. The van der Waals surface area contributed by atoms with Crippen LogP contribution in [-0.2, 0) is 31.0 Å². The number of hydrogen-bond acceptors (Lipinski definition) is 16. The fourth-order valence-electron chi connectivity index (χ4n) is 8.24. The molecule has 2 fully saturated rings. The number of ether oxygens (including phenoxy) is 2. The van der Waals surface area contributed by atoms with Gasteiger partial charge in [-0.15, -0.1) is 10.2 Å². The second-order valence-electron chi connectivity index (χ2n) is 19.4. The van der Waals surface area contributed by atoms with Crippen LogP contribution in [0.2, 0.25) is 0 Å². The topological polar surface area (TPSA) is 251 Å². The molecule has 3 aromatic heterocycles. The Bertz CT molecular complexity index is 2440. The van der Waals surface area contributed by atoms with Gasteiger partial charge in [-0.3, -0.25) is 23.9 Å². The minimum atomic E-state index is -0.927. The summed E-state index contributed by atoms with van der Waals surface area (Å²) in [6.45, 7) is 13.2. The van der Waals surface area contributed by atoms with Crippen molar-refractivity contribution in [1.29, 1.82) is 0 Å². The Balaban J connectivity index is 0.934. The van der Waals surface area contributed by atoms with Crippen molar-refractivity contribution in [2.75, 3.05) is 62.4 Å². The van der Waals surface area contributed by atoms with Crippen molar-refractivity contribution < 1.29 is 38.6 Å². The number of aliphatic hydroxyl groups excluding tert-OH is 1. The lowest BCUT2D eigenvalue weighted by Gasteiger charge is -2.36. The van der Waals surface area contributed by atoms with Crippen molar-refractivity contribution in [3.8, 4) is 17.1 Å². The predicted molar refractivity (Wildman–Crippen MR) is 259 cm³/mol. The van der Waals surface area contributed by atoms with Crippen molar-refractivity contribution in [2.45, 2.75) is 110 Å². The fraction of sp³-hybridized carbons (Fsp3) is 0.542. The van der Waals surface area contributed by atoms with Gasteiger partial charge in [0.15, 0.2) is 23.1 Å². The Hall–Kier alpha value is -6.90. The number of carbonyl (C=O) groups is 5. The number of aromatic nitrogens is 6. The molecule has 0 spiro atoms. The van der Waals surface area contributed by atoms with Gasteiger partial charge in [-0.2, -0.15) is 5.10 Å². The third-order valence-corrected chi connectivity index (χ3v) is 11.8. The molecule has 2 aliphatic heterocycles. The third-order valence-electron chi connectivity index (χ3n) is 11.8. The molecule has 1 aromatic carbocycles. The minimum Gasteiger partial charge on any atom is -0.494 e. The third kappa shape index (κ3) is 13.6. The molecular formula is C48H67N13O8. The number of hydrogen-bond donors (Lipinski definition) is 5. The number of aryl methyl sites for hydroxylation is 1. The Morgan fingerprint density at radius 2 is 1.59 bits per heavy atom. The van der Waals surface area contributed by atoms with E-state index in [2.05, 4.69) is 51.4 Å². The number of methoxy groups -OCH3 is 1. The first-order valence-electron chi connectivity index (χ1n) is 23.4. The minimum absolute atomic E-state index is 0.0107. The maximum atomic E-state index is 13.8. The first kappa shape index (κ1) is 51.5. The number of esters is 1. The molecule has 0 bridgehead atoms. The summed E-state index contributed by atoms with van der Waals surface area (Å²) >= 11 is 0. The molecule has 5 heterocycles. The summed E-state index contributed by atoms with van der Waals surface area (Å²) in [5.41, 5.74) is 1.18. The largest absolute Gasteiger partial charge is 0.494 e. The van der Waals surface area contributed by atoms with Gasteiger partial charge in [0, 0.05) is 72.1 Å². The van der Waals surface area contributed by atoms with E-state index in [1.54, 1.807) is 58.2 Å². The number of rotatable bonds is 18. The number of unbranched alkanes of at least 4 members (excludes halogenated alkanes) is 3. The number of nitrogens with zero attached hydrogens (tertiary/aromatic N) is 9. The Morgan fingerprint density at radius 3 is 2.22 bits per heavy atom. The molecule has 5 N–H and O–H groups in total. The van der Waals surface area contributed by atoms with Gasteiger partial charge in [-0.05, 0) is 63.3 Å². The Labute approximate surface area is 403 Å². The van der Waals surface area contributed by atoms with Gasteiger partial charge in [0.2, 0.25) is 17.7 Å². The zero-order valence-electron chi connectivity index (χ0n) is 41.2. The maximum Gasteiger partial charge on any atom is 0.329 e. The molecule has 3 atom stereocenters. The molecule has 0 saturated carbocycles. The van der Waals surface area contributed by atoms with Gasteiger partial charge in [-0.25, -0.2) is 14.8 Å². The smallest absolute Gasteiger partial charge is 0.329 e. The summed E-state index contributed by atoms with van der Waals surface area (Å²) in [6, 6.07) is 9.10. The number of amides is 4. The van der Waals surface area contributed by atoms with Gasteiger partial charge >= 0.3 is 5.97 Å². The molecule has 4 aromatic rings. The molecule has 372 valence electrons. The van der Waals surface area contributed by atoms with Crippen LogP contribution in [0, 0.1) is 5.41 Å². The van der Waals surface area contributed by atoms with E-state index in [0.29, 0.717) is 85.6 Å². The van der Waals surface area contributed by atoms with Gasteiger partial charge in [0.05, 0.1) is 42.0 Å². The molecule has 21 heteroatoms. The van der Waals surface area contributed by atoms with E-state index in [4.69, 9.17) is 9.47 Å². The quantitative estimate of drug-likeness (QED) is 0.0687. The number of anilines is 5. The van der Waals surface area contributed by atoms with E-state index in [-0.39, 0.29) is 36.9 Å². The highest BCUT2D eigenvalue weighted by Crippen LogP contribution is 2.37. The lowest BCUT2D eigenvalue weighted by atomic mass is 9.85. The summed E-state index contributed by atoms with van der Waals surface area (Å²) in [5.74, 6) is 0.228. The summed E-state index contributed by atoms with van der Waals surface area (Å²) < 4.78 is 12.9. The van der Waals surface area contributed by atoms with Crippen molar-refractivity contribution in [3.05, 3.63) is 54.6 Å². The van der Waals surface area contributed by atoms with Crippen LogP contribution in [-0.4, -0.2) is 145 Å². The highest BCUT2D eigenvalue weighted by atomic mass is 16.6. The lowest BCUT2D eigenvalue weighted by molar-refractivity contribution is -0.164. The van der Waals surface area contributed by atoms with Crippen LogP contribution >= 0.6 is 0 Å². The molecule has 2 unspecified atom stereocenters. The Morgan fingerprint density at radius 1 is 0.870 bits per heavy atom. The van der Waals surface area contributed by atoms with Crippen LogP contribution in [0.3, 0.4) is 0 Å². The van der Waals surface area contributed by atoms with Crippen molar-refractivity contribution >= 4 is 58.3 Å². The summed E-state index contributed by atoms with van der Waals surface area (Å²) in [5, 5.41) is 35.2. The van der Waals surface area contributed by atoms with E-state index in [0.717, 1.165) is 18.5 Å². The Kier molecular flexibility index (Phi) is 16.8. The second-order valence-corrected chi connectivity index (χ2v) is 19.4. The summed E-state index contributed by atoms with van der Waals surface area (Å²) in [4.78, 5) is 80.1. The maximum absolute atomic E-state index is 13.8. The first-order valence-corrected chi connectivity index (χ1v) is 23.4. The molecule has 69 heavy (non-hydrogen) atoms. The van der Waals surface area contributed by atoms with E-state index in [1.165, 1.54) is 11.9 Å². The number of pyridine rings is 1. The van der Waals surface area contributed by atoms with Gasteiger partial charge in [-0.1, -0.05) is 39.7 Å². The lowest BCUT2D eigenvalue weighted by Crippen LogP contribution is -2.57. The molecule has 0 radical (unpaired) electrons. The highest BCUT2D eigenvalue weighted by Gasteiger charge is 2.46. The highest BCUT2D eigenvalue weighted by molar-refractivity contribution is 5.99. The van der Waals surface area contributed by atoms with E-state index in [9.17, 15) is 29.1 Å². The number of nitrogens with one attached hydrogen (secondary N) is 4. The van der Waals surface area contributed by atoms with E-state index < -0.39 is 47.0 Å². The zero-order chi connectivity index (χ0) is 50.0. The molecule has 4 amide bonds. The van der Waals surface area contributed by atoms with Crippen LogP contribution < -0.4 is 30.9 Å². The molecule has 6 rings (SSSR count). The molecule has 0 aliphatic carbocycles. The number of carbonyl (C=O) groups excluding carboxylic acids is 5. The zero-order valence-corrected chi connectivity index (χ0v) is 41.2. The first-order chi connectivity index (χ1) is 32.7. The molecular weight excluding hydrogens is 887 g/mol. The summed E-state index contributed by atoms with van der Waals surface area (Å²) in [6.07, 6.45) is 6.04.